The van der Waals surface area contributed by atoms with Crippen molar-refractivity contribution in [3.05, 3.63) is 46.6 Å². The van der Waals surface area contributed by atoms with E-state index >= 15 is 0 Å². The molecule has 0 atom stereocenters. The lowest BCUT2D eigenvalue weighted by Gasteiger charge is -2.08. The molecule has 7 nitrogen and oxygen atoms in total. The minimum absolute atomic E-state index is 0.0363. The molecular formula is C11H11N5O2S. The van der Waals surface area contributed by atoms with Gasteiger partial charge in [0.15, 0.2) is 10.9 Å². The van der Waals surface area contributed by atoms with Gasteiger partial charge in [-0.3, -0.25) is 14.8 Å². The number of thiocarbonyl (C=S) groups is 1. The Labute approximate surface area is 114 Å². The number of aryl methyl sites for hydroxylation is 1. The molecule has 0 spiro atoms. The van der Waals surface area contributed by atoms with Crippen LogP contribution in [0, 0.1) is 10.1 Å². The van der Waals surface area contributed by atoms with Crippen molar-refractivity contribution in [3.8, 4) is 0 Å². The number of nitrogens with zero attached hydrogens (tertiary/aromatic N) is 3. The standard InChI is InChI=1S/C11H11N5O2S/c1-15-7-6-10(14-15)13-11(19)12-8-2-4-9(5-3-8)16(17)18/h2-7H,1H3,(H2,12,13,14,19). The number of rotatable bonds is 3. The van der Waals surface area contributed by atoms with Crippen LogP contribution in [0.4, 0.5) is 17.2 Å². The predicted octanol–water partition coefficient (Wildman–Crippen LogP) is 2.14. The largest absolute Gasteiger partial charge is 0.332 e. The van der Waals surface area contributed by atoms with Gasteiger partial charge in [0.1, 0.15) is 0 Å². The van der Waals surface area contributed by atoms with Crippen LogP contribution in [0.1, 0.15) is 0 Å². The molecule has 8 heteroatoms. The summed E-state index contributed by atoms with van der Waals surface area (Å²) >= 11 is 5.11. The van der Waals surface area contributed by atoms with E-state index in [0.717, 1.165) is 0 Å². The molecule has 2 N–H and O–H groups in total. The number of nitro groups is 1. The number of benzene rings is 1. The third-order valence-electron chi connectivity index (χ3n) is 2.29. The molecule has 0 saturated heterocycles. The van der Waals surface area contributed by atoms with Crippen molar-refractivity contribution < 1.29 is 4.92 Å². The number of non-ortho nitro benzene ring substituents is 1. The predicted molar refractivity (Wildman–Crippen MR) is 76.1 cm³/mol. The fourth-order valence-corrected chi connectivity index (χ4v) is 1.65. The number of nitro benzene ring substituents is 1. The Morgan fingerprint density at radius 3 is 2.53 bits per heavy atom. The first-order chi connectivity index (χ1) is 9.04. The molecule has 19 heavy (non-hydrogen) atoms. The Morgan fingerprint density at radius 2 is 2.00 bits per heavy atom. The molecule has 0 amide bonds. The zero-order valence-electron chi connectivity index (χ0n) is 10.0. The van der Waals surface area contributed by atoms with Crippen molar-refractivity contribution in [1.29, 1.82) is 0 Å². The van der Waals surface area contributed by atoms with Crippen LogP contribution >= 0.6 is 12.2 Å². The summed E-state index contributed by atoms with van der Waals surface area (Å²) in [4.78, 5) is 10.1. The summed E-state index contributed by atoms with van der Waals surface area (Å²) in [6.07, 6.45) is 1.79. The first-order valence-electron chi connectivity index (χ1n) is 5.37. The lowest BCUT2D eigenvalue weighted by atomic mass is 10.3. The molecule has 0 bridgehead atoms. The number of nitrogens with one attached hydrogen (secondary N) is 2. The third kappa shape index (κ3) is 3.49. The fraction of sp³-hybridized carbons (Fsp3) is 0.0909. The van der Waals surface area contributed by atoms with Crippen LogP contribution in [-0.2, 0) is 7.05 Å². The molecular weight excluding hydrogens is 266 g/mol. The van der Waals surface area contributed by atoms with Gasteiger partial charge in [-0.1, -0.05) is 0 Å². The van der Waals surface area contributed by atoms with Crippen LogP contribution in [0.3, 0.4) is 0 Å². The van der Waals surface area contributed by atoms with Crippen molar-refractivity contribution in [2.45, 2.75) is 0 Å². The van der Waals surface area contributed by atoms with Gasteiger partial charge in [0.2, 0.25) is 0 Å². The molecule has 2 rings (SSSR count). The number of anilines is 2. The van der Waals surface area contributed by atoms with Crippen LogP contribution in [0.5, 0.6) is 0 Å². The smallest absolute Gasteiger partial charge is 0.269 e. The van der Waals surface area contributed by atoms with E-state index in [9.17, 15) is 10.1 Å². The van der Waals surface area contributed by atoms with Gasteiger partial charge in [0.05, 0.1) is 4.92 Å². The van der Waals surface area contributed by atoms with Crippen LogP contribution in [-0.4, -0.2) is 19.8 Å². The van der Waals surface area contributed by atoms with E-state index in [4.69, 9.17) is 12.2 Å². The molecule has 0 saturated carbocycles. The molecule has 0 aliphatic heterocycles. The van der Waals surface area contributed by atoms with E-state index < -0.39 is 4.92 Å². The van der Waals surface area contributed by atoms with E-state index in [1.54, 1.807) is 36.1 Å². The summed E-state index contributed by atoms with van der Waals surface area (Å²) < 4.78 is 1.65. The monoisotopic (exact) mass is 277 g/mol. The van der Waals surface area contributed by atoms with Crippen molar-refractivity contribution in [2.24, 2.45) is 7.05 Å². The normalized spacial score (nSPS) is 9.95. The van der Waals surface area contributed by atoms with Gasteiger partial charge in [-0.05, 0) is 24.4 Å². The second-order valence-corrected chi connectivity index (χ2v) is 4.17. The Balaban J connectivity index is 1.97. The van der Waals surface area contributed by atoms with Crippen molar-refractivity contribution in [3.63, 3.8) is 0 Å². The Hall–Kier alpha value is -2.48. The summed E-state index contributed by atoms with van der Waals surface area (Å²) in [6.45, 7) is 0. The highest BCUT2D eigenvalue weighted by Gasteiger charge is 2.05. The van der Waals surface area contributed by atoms with Crippen molar-refractivity contribution >= 4 is 34.5 Å². The highest BCUT2D eigenvalue weighted by atomic mass is 32.1. The van der Waals surface area contributed by atoms with Crippen molar-refractivity contribution in [1.82, 2.24) is 9.78 Å². The Morgan fingerprint density at radius 1 is 1.32 bits per heavy atom. The van der Waals surface area contributed by atoms with Crippen LogP contribution in [0.2, 0.25) is 0 Å². The number of aromatic nitrogens is 2. The van der Waals surface area contributed by atoms with Gasteiger partial charge in [-0.25, -0.2) is 0 Å². The zero-order chi connectivity index (χ0) is 13.8. The molecule has 2 aromatic rings. The minimum atomic E-state index is -0.450. The maximum Gasteiger partial charge on any atom is 0.269 e. The molecule has 1 aromatic heterocycles. The Bertz CT molecular complexity index is 608. The van der Waals surface area contributed by atoms with Gasteiger partial charge in [0.25, 0.3) is 5.69 Å². The van der Waals surface area contributed by atoms with Gasteiger partial charge in [0, 0.05) is 37.1 Å². The van der Waals surface area contributed by atoms with Gasteiger partial charge >= 0.3 is 0 Å². The number of hydrogen-bond donors (Lipinski definition) is 2. The lowest BCUT2D eigenvalue weighted by Crippen LogP contribution is -2.19. The summed E-state index contributed by atoms with van der Waals surface area (Å²) in [5, 5.41) is 20.8. The lowest BCUT2D eigenvalue weighted by molar-refractivity contribution is -0.384. The van der Waals surface area contributed by atoms with Crippen molar-refractivity contribution in [2.75, 3.05) is 10.6 Å². The topological polar surface area (TPSA) is 85.0 Å². The van der Waals surface area contributed by atoms with Gasteiger partial charge in [-0.2, -0.15) is 5.10 Å². The molecule has 0 radical (unpaired) electrons. The second kappa shape index (κ2) is 5.44. The zero-order valence-corrected chi connectivity index (χ0v) is 10.8. The highest BCUT2D eigenvalue weighted by molar-refractivity contribution is 7.80. The minimum Gasteiger partial charge on any atom is -0.332 e. The Kier molecular flexibility index (Phi) is 3.71. The third-order valence-corrected chi connectivity index (χ3v) is 2.50. The van der Waals surface area contributed by atoms with Crippen LogP contribution in [0.25, 0.3) is 0 Å². The molecule has 0 fully saturated rings. The van der Waals surface area contributed by atoms with E-state index in [1.807, 2.05) is 0 Å². The van der Waals surface area contributed by atoms with E-state index in [2.05, 4.69) is 15.7 Å². The van der Waals surface area contributed by atoms with E-state index in [1.165, 1.54) is 12.1 Å². The number of hydrogen-bond acceptors (Lipinski definition) is 4. The van der Waals surface area contributed by atoms with Gasteiger partial charge < -0.3 is 10.6 Å². The summed E-state index contributed by atoms with van der Waals surface area (Å²) in [7, 11) is 1.80. The van der Waals surface area contributed by atoms with E-state index in [0.29, 0.717) is 16.6 Å². The molecule has 98 valence electrons. The molecule has 1 heterocycles. The maximum atomic E-state index is 10.5. The highest BCUT2D eigenvalue weighted by Crippen LogP contribution is 2.15. The summed E-state index contributed by atoms with van der Waals surface area (Å²) in [5.41, 5.74) is 0.702. The first-order valence-corrected chi connectivity index (χ1v) is 5.77. The molecule has 0 aliphatic carbocycles. The first kappa shape index (κ1) is 13.0. The van der Waals surface area contributed by atoms with E-state index in [-0.39, 0.29) is 5.69 Å². The average molecular weight is 277 g/mol. The fourth-order valence-electron chi connectivity index (χ4n) is 1.43. The van der Waals surface area contributed by atoms with Crippen LogP contribution < -0.4 is 10.6 Å². The quantitative estimate of drug-likeness (QED) is 0.508. The summed E-state index contributed by atoms with van der Waals surface area (Å²) in [5.74, 6) is 0.627. The van der Waals surface area contributed by atoms with Gasteiger partial charge in [-0.15, -0.1) is 0 Å². The SMILES string of the molecule is Cn1ccc(NC(=S)Nc2ccc([N+](=O)[O-])cc2)n1. The molecule has 0 unspecified atom stereocenters. The average Bonchev–Trinajstić information content (AvgIpc) is 2.75. The second-order valence-electron chi connectivity index (χ2n) is 3.76. The molecule has 1 aromatic carbocycles. The maximum absolute atomic E-state index is 10.5. The van der Waals surface area contributed by atoms with Crippen LogP contribution in [0.15, 0.2) is 36.5 Å². The summed E-state index contributed by atoms with van der Waals surface area (Å²) in [6, 6.07) is 7.77. The molecule has 0 aliphatic rings.